The van der Waals surface area contributed by atoms with Gasteiger partial charge in [-0.1, -0.05) is 24.3 Å². The van der Waals surface area contributed by atoms with Crippen molar-refractivity contribution in [2.24, 2.45) is 0 Å². The molecule has 7 nitrogen and oxygen atoms in total. The molecule has 35 heavy (non-hydrogen) atoms. The smallest absolute Gasteiger partial charge is 0.123 e. The molecule has 0 aromatic heterocycles. The third-order valence-corrected chi connectivity index (χ3v) is 6.99. The number of ether oxygens (including phenoxy) is 1. The zero-order chi connectivity index (χ0) is 24.4. The van der Waals surface area contributed by atoms with Crippen molar-refractivity contribution >= 4 is 0 Å². The first-order valence-electron chi connectivity index (χ1n) is 11.2. The van der Waals surface area contributed by atoms with Gasteiger partial charge in [0.05, 0.1) is 12.2 Å². The van der Waals surface area contributed by atoms with Gasteiger partial charge in [-0.3, -0.25) is 0 Å². The van der Waals surface area contributed by atoms with E-state index in [0.717, 1.165) is 11.1 Å². The van der Waals surface area contributed by atoms with Crippen LogP contribution < -0.4 is 0 Å². The number of aromatic hydroxyl groups is 6. The van der Waals surface area contributed by atoms with Crippen molar-refractivity contribution in [1.29, 1.82) is 0 Å². The molecule has 4 aromatic rings. The van der Waals surface area contributed by atoms with Crippen molar-refractivity contribution in [3.8, 4) is 34.5 Å². The summed E-state index contributed by atoms with van der Waals surface area (Å²) < 4.78 is 6.69. The van der Waals surface area contributed by atoms with E-state index in [0.29, 0.717) is 22.3 Å². The van der Waals surface area contributed by atoms with Crippen LogP contribution in [0.15, 0.2) is 72.8 Å². The lowest BCUT2D eigenvalue weighted by Gasteiger charge is -2.38. The van der Waals surface area contributed by atoms with E-state index >= 15 is 0 Å². The van der Waals surface area contributed by atoms with E-state index in [1.807, 2.05) is 0 Å². The van der Waals surface area contributed by atoms with Gasteiger partial charge >= 0.3 is 0 Å². The van der Waals surface area contributed by atoms with Crippen LogP contribution in [-0.4, -0.2) is 30.6 Å². The molecule has 4 atom stereocenters. The normalized spacial score (nSPS) is 22.3. The van der Waals surface area contributed by atoms with Crippen molar-refractivity contribution < 1.29 is 35.4 Å². The van der Waals surface area contributed by atoms with E-state index in [2.05, 4.69) is 0 Å². The molecular formula is C28H22O7. The lowest BCUT2D eigenvalue weighted by molar-refractivity contribution is -0.0396. The third-order valence-electron chi connectivity index (χ3n) is 6.99. The maximum atomic E-state index is 11.1. The lowest BCUT2D eigenvalue weighted by Crippen LogP contribution is -2.25. The van der Waals surface area contributed by atoms with Gasteiger partial charge < -0.3 is 35.4 Å². The van der Waals surface area contributed by atoms with E-state index in [-0.39, 0.29) is 34.5 Å². The minimum atomic E-state index is -0.737. The van der Waals surface area contributed by atoms with E-state index in [4.69, 9.17) is 4.74 Å². The van der Waals surface area contributed by atoms with Crippen LogP contribution >= 0.6 is 0 Å². The number of phenols is 6. The Morgan fingerprint density at radius 3 is 1.51 bits per heavy atom. The SMILES string of the molecule is Oc1ccc([C@H]2c3c(O)cc(O)cc3[C@@H]3c4c(O)cc(O)cc4[C@H]2O[C@H]3c2ccc(O)cc2)cc1. The Bertz CT molecular complexity index is 1440. The van der Waals surface area contributed by atoms with Crippen LogP contribution in [0.4, 0.5) is 0 Å². The molecule has 0 amide bonds. The Labute approximate surface area is 200 Å². The topological polar surface area (TPSA) is 131 Å². The molecule has 1 heterocycles. The van der Waals surface area contributed by atoms with Crippen LogP contribution in [0, 0.1) is 0 Å². The van der Waals surface area contributed by atoms with Crippen molar-refractivity contribution in [2.75, 3.05) is 0 Å². The summed E-state index contributed by atoms with van der Waals surface area (Å²) in [5.41, 5.74) is 3.66. The Hall–Kier alpha value is -4.36. The number of hydrogen-bond donors (Lipinski definition) is 6. The number of phenolic OH excluding ortho intramolecular Hbond substituents is 6. The quantitative estimate of drug-likeness (QED) is 0.243. The first-order valence-corrected chi connectivity index (χ1v) is 11.2. The summed E-state index contributed by atoms with van der Waals surface area (Å²) in [4.78, 5) is 0. The number of benzene rings is 4. The summed E-state index contributed by atoms with van der Waals surface area (Å²) in [6, 6.07) is 18.8. The largest absolute Gasteiger partial charge is 0.508 e. The Morgan fingerprint density at radius 1 is 0.457 bits per heavy atom. The summed E-state index contributed by atoms with van der Waals surface area (Å²) in [6.45, 7) is 0. The second kappa shape index (κ2) is 7.58. The number of rotatable bonds is 2. The highest BCUT2D eigenvalue weighted by molar-refractivity contribution is 5.64. The van der Waals surface area contributed by atoms with E-state index in [9.17, 15) is 30.6 Å². The molecule has 0 spiro atoms. The van der Waals surface area contributed by atoms with E-state index in [1.165, 1.54) is 12.1 Å². The Kier molecular flexibility index (Phi) is 4.59. The van der Waals surface area contributed by atoms with Crippen molar-refractivity contribution in [3.05, 3.63) is 106 Å². The molecule has 6 rings (SSSR count). The molecular weight excluding hydrogens is 448 g/mol. The van der Waals surface area contributed by atoms with Crippen LogP contribution in [0.1, 0.15) is 57.4 Å². The van der Waals surface area contributed by atoms with Gasteiger partial charge in [-0.2, -0.15) is 0 Å². The minimum Gasteiger partial charge on any atom is -0.508 e. The minimum absolute atomic E-state index is 0.0837. The van der Waals surface area contributed by atoms with E-state index < -0.39 is 24.0 Å². The highest BCUT2D eigenvalue weighted by atomic mass is 16.5. The van der Waals surface area contributed by atoms with Gasteiger partial charge in [-0.05, 0) is 58.7 Å². The van der Waals surface area contributed by atoms with Crippen LogP contribution in [0.5, 0.6) is 34.5 Å². The van der Waals surface area contributed by atoms with Crippen molar-refractivity contribution in [1.82, 2.24) is 0 Å². The van der Waals surface area contributed by atoms with Gasteiger partial charge in [0, 0.05) is 35.1 Å². The van der Waals surface area contributed by atoms with Crippen LogP contribution in [0.3, 0.4) is 0 Å². The van der Waals surface area contributed by atoms with Gasteiger partial charge in [0.2, 0.25) is 0 Å². The molecule has 176 valence electrons. The summed E-state index contributed by atoms with van der Waals surface area (Å²) >= 11 is 0. The molecule has 0 saturated heterocycles. The third kappa shape index (κ3) is 3.24. The van der Waals surface area contributed by atoms with Crippen LogP contribution in [-0.2, 0) is 4.74 Å². The molecule has 0 radical (unpaired) electrons. The average Bonchev–Trinajstić information content (AvgIpc) is 3.02. The van der Waals surface area contributed by atoms with Gasteiger partial charge in [0.25, 0.3) is 0 Å². The van der Waals surface area contributed by atoms with Crippen molar-refractivity contribution in [3.63, 3.8) is 0 Å². The predicted octanol–water partition coefficient (Wildman–Crippen LogP) is 5.01. The summed E-state index contributed by atoms with van der Waals surface area (Å²) in [5, 5.41) is 62.6. The molecule has 7 heteroatoms. The molecule has 2 bridgehead atoms. The predicted molar refractivity (Wildman–Crippen MR) is 126 cm³/mol. The fourth-order valence-electron chi connectivity index (χ4n) is 5.61. The van der Waals surface area contributed by atoms with Crippen LogP contribution in [0.2, 0.25) is 0 Å². The molecule has 1 aliphatic heterocycles. The highest BCUT2D eigenvalue weighted by Crippen LogP contribution is 2.62. The molecule has 0 saturated carbocycles. The Morgan fingerprint density at radius 2 is 0.943 bits per heavy atom. The van der Waals surface area contributed by atoms with Gasteiger partial charge in [-0.25, -0.2) is 0 Å². The highest BCUT2D eigenvalue weighted by Gasteiger charge is 2.49. The van der Waals surface area contributed by atoms with Gasteiger partial charge in [-0.15, -0.1) is 0 Å². The molecule has 4 aromatic carbocycles. The molecule has 6 N–H and O–H groups in total. The zero-order valence-corrected chi connectivity index (χ0v) is 18.3. The molecule has 2 aliphatic rings. The number of fused-ring (bicyclic) bond motifs is 2. The monoisotopic (exact) mass is 470 g/mol. The van der Waals surface area contributed by atoms with Crippen LogP contribution in [0.25, 0.3) is 0 Å². The summed E-state index contributed by atoms with van der Waals surface area (Å²) in [5.74, 6) is -1.56. The fourth-order valence-corrected chi connectivity index (χ4v) is 5.61. The zero-order valence-electron chi connectivity index (χ0n) is 18.3. The summed E-state index contributed by atoms with van der Waals surface area (Å²) in [6.07, 6.45) is -1.37. The fraction of sp³-hybridized carbons (Fsp3) is 0.143. The van der Waals surface area contributed by atoms with Gasteiger partial charge in [0.1, 0.15) is 34.5 Å². The first kappa shape index (κ1) is 21.2. The molecule has 1 aliphatic carbocycles. The van der Waals surface area contributed by atoms with Crippen molar-refractivity contribution in [2.45, 2.75) is 24.0 Å². The van der Waals surface area contributed by atoms with E-state index in [1.54, 1.807) is 60.7 Å². The number of hydrogen-bond acceptors (Lipinski definition) is 7. The maximum absolute atomic E-state index is 11.1. The first-order chi connectivity index (χ1) is 16.8. The van der Waals surface area contributed by atoms with Gasteiger partial charge in [0.15, 0.2) is 0 Å². The second-order valence-electron chi connectivity index (χ2n) is 9.05. The molecule has 0 unspecified atom stereocenters. The Balaban J connectivity index is 1.70. The lowest BCUT2D eigenvalue weighted by atomic mass is 9.79. The standard InChI is InChI=1S/C28H22O7/c29-15-5-1-13(2-6-15)23-24-19(9-17(31)11-21(24)33)26-25-20(10-18(32)12-22(25)34)28(23)35-27(26)14-3-7-16(30)8-4-14/h1-12,23,26-34H/t23-,26+,27-,28+/m0/s1. The average molecular weight is 470 g/mol. The molecule has 0 fully saturated rings. The second-order valence-corrected chi connectivity index (χ2v) is 9.05. The summed E-state index contributed by atoms with van der Waals surface area (Å²) in [7, 11) is 0. The maximum Gasteiger partial charge on any atom is 0.123 e.